The molecule has 7 nitrogen and oxygen atoms in total. The Morgan fingerprint density at radius 2 is 2.30 bits per heavy atom. The third-order valence-electron chi connectivity index (χ3n) is 5.62. The zero-order valence-electron chi connectivity index (χ0n) is 15.5. The normalized spacial score (nSPS) is 27.6. The molecule has 148 valence electrons. The number of hydrogen-bond acceptors (Lipinski definition) is 6. The lowest BCUT2D eigenvalue weighted by Gasteiger charge is -2.32. The predicted molar refractivity (Wildman–Crippen MR) is 93.7 cm³/mol. The smallest absolute Gasteiger partial charge is 0.316 e. The van der Waals surface area contributed by atoms with Gasteiger partial charge in [0.15, 0.2) is 0 Å². The van der Waals surface area contributed by atoms with E-state index in [-0.39, 0.29) is 31.0 Å². The minimum atomic E-state index is -2.75. The number of alkyl halides is 2. The molecule has 0 aliphatic carbocycles. The molecular weight excluding hydrogens is 356 g/mol. The molecule has 0 bridgehead atoms. The van der Waals surface area contributed by atoms with Crippen LogP contribution in [0.3, 0.4) is 0 Å². The van der Waals surface area contributed by atoms with Crippen molar-refractivity contribution in [3.8, 4) is 6.01 Å². The van der Waals surface area contributed by atoms with Crippen LogP contribution in [0.25, 0.3) is 0 Å². The second-order valence-electron chi connectivity index (χ2n) is 7.49. The topological polar surface area (TPSA) is 70.6 Å². The molecule has 2 fully saturated rings. The molecule has 1 aromatic rings. The molecular formula is C18H25F2N5O2. The Labute approximate surface area is 157 Å². The van der Waals surface area contributed by atoms with E-state index in [9.17, 15) is 13.6 Å². The van der Waals surface area contributed by atoms with Crippen molar-refractivity contribution in [1.82, 2.24) is 25.1 Å². The number of ether oxygens (including phenoxy) is 1. The average Bonchev–Trinajstić information content (AvgIpc) is 3.28. The third kappa shape index (κ3) is 3.89. The van der Waals surface area contributed by atoms with Crippen molar-refractivity contribution in [3.63, 3.8) is 0 Å². The fraction of sp³-hybridized carbons (Fsp3) is 0.722. The molecule has 0 spiro atoms. The summed E-state index contributed by atoms with van der Waals surface area (Å²) in [6.07, 6.45) is 3.04. The number of likely N-dealkylation sites (tertiary alicyclic amines) is 1. The van der Waals surface area contributed by atoms with Crippen LogP contribution in [0.15, 0.2) is 6.20 Å². The maximum absolute atomic E-state index is 13.4. The largest absolute Gasteiger partial charge is 0.464 e. The third-order valence-corrected chi connectivity index (χ3v) is 5.62. The van der Waals surface area contributed by atoms with E-state index >= 15 is 0 Å². The highest BCUT2D eigenvalue weighted by molar-refractivity contribution is 5.82. The zero-order chi connectivity index (χ0) is 19.0. The molecule has 4 heterocycles. The van der Waals surface area contributed by atoms with E-state index in [2.05, 4.69) is 20.2 Å². The number of aromatic nitrogens is 2. The van der Waals surface area contributed by atoms with Crippen molar-refractivity contribution >= 4 is 5.91 Å². The lowest BCUT2D eigenvalue weighted by atomic mass is 10.0. The second kappa shape index (κ2) is 7.27. The van der Waals surface area contributed by atoms with Crippen molar-refractivity contribution in [2.45, 2.75) is 50.7 Å². The summed E-state index contributed by atoms with van der Waals surface area (Å²) < 4.78 is 32.1. The minimum absolute atomic E-state index is 0.144. The first-order valence-electron chi connectivity index (χ1n) is 9.57. The maximum Gasteiger partial charge on any atom is 0.316 e. The number of carbonyl (C=O) groups excluding carboxylic acids is 1. The van der Waals surface area contributed by atoms with Gasteiger partial charge in [-0.3, -0.25) is 9.69 Å². The average molecular weight is 381 g/mol. The van der Waals surface area contributed by atoms with Crippen LogP contribution in [-0.4, -0.2) is 76.5 Å². The Balaban J connectivity index is 1.35. The van der Waals surface area contributed by atoms with Crippen molar-refractivity contribution in [1.29, 1.82) is 0 Å². The number of nitrogens with zero attached hydrogens (tertiary/aromatic N) is 4. The van der Waals surface area contributed by atoms with Crippen LogP contribution in [0.2, 0.25) is 0 Å². The molecule has 3 aliphatic rings. The van der Waals surface area contributed by atoms with E-state index in [4.69, 9.17) is 4.74 Å². The van der Waals surface area contributed by atoms with Crippen LogP contribution in [0, 0.1) is 0 Å². The highest BCUT2D eigenvalue weighted by atomic mass is 19.3. The number of fused-ring (bicyclic) bond motifs is 1. The summed E-state index contributed by atoms with van der Waals surface area (Å²) in [5.74, 6) is -2.94. The fourth-order valence-corrected chi connectivity index (χ4v) is 4.16. The summed E-state index contributed by atoms with van der Waals surface area (Å²) in [4.78, 5) is 24.9. The van der Waals surface area contributed by atoms with Crippen LogP contribution in [-0.2, 0) is 17.8 Å². The number of carbonyl (C=O) groups is 1. The second-order valence-corrected chi connectivity index (χ2v) is 7.49. The van der Waals surface area contributed by atoms with E-state index in [1.165, 1.54) is 4.90 Å². The van der Waals surface area contributed by atoms with E-state index in [1.807, 2.05) is 13.1 Å². The molecule has 9 heteroatoms. The molecule has 1 aromatic heterocycles. The Bertz CT molecular complexity index is 717. The van der Waals surface area contributed by atoms with E-state index in [0.29, 0.717) is 25.6 Å². The fourth-order valence-electron chi connectivity index (χ4n) is 4.16. The molecule has 3 aliphatic heterocycles. The van der Waals surface area contributed by atoms with Crippen LogP contribution in [0.5, 0.6) is 6.01 Å². The lowest BCUT2D eigenvalue weighted by Crippen LogP contribution is -2.43. The Morgan fingerprint density at radius 3 is 3.04 bits per heavy atom. The predicted octanol–water partition coefficient (Wildman–Crippen LogP) is 0.831. The zero-order valence-corrected chi connectivity index (χ0v) is 15.5. The maximum atomic E-state index is 13.4. The van der Waals surface area contributed by atoms with Crippen molar-refractivity contribution in [3.05, 3.63) is 17.5 Å². The van der Waals surface area contributed by atoms with Gasteiger partial charge in [-0.15, -0.1) is 0 Å². The highest BCUT2D eigenvalue weighted by Gasteiger charge is 2.43. The summed E-state index contributed by atoms with van der Waals surface area (Å²) in [7, 11) is 0. The van der Waals surface area contributed by atoms with Gasteiger partial charge in [-0.25, -0.2) is 13.8 Å². The monoisotopic (exact) mass is 381 g/mol. The van der Waals surface area contributed by atoms with Gasteiger partial charge in [-0.1, -0.05) is 0 Å². The molecule has 0 saturated carbocycles. The summed E-state index contributed by atoms with van der Waals surface area (Å²) in [5.41, 5.74) is 2.10. The summed E-state index contributed by atoms with van der Waals surface area (Å²) >= 11 is 0. The van der Waals surface area contributed by atoms with Crippen LogP contribution < -0.4 is 10.1 Å². The molecule has 1 N–H and O–H groups in total. The van der Waals surface area contributed by atoms with E-state index in [1.54, 1.807) is 0 Å². The van der Waals surface area contributed by atoms with E-state index < -0.39 is 12.5 Å². The van der Waals surface area contributed by atoms with Crippen molar-refractivity contribution in [2.75, 3.05) is 32.8 Å². The molecule has 0 aromatic carbocycles. The molecule has 1 unspecified atom stereocenters. The number of rotatable bonds is 4. The highest BCUT2D eigenvalue weighted by Crippen LogP contribution is 2.29. The first-order valence-corrected chi connectivity index (χ1v) is 9.57. The number of amides is 1. The van der Waals surface area contributed by atoms with Crippen molar-refractivity contribution in [2.24, 2.45) is 0 Å². The first kappa shape index (κ1) is 18.5. The Hall–Kier alpha value is -1.87. The van der Waals surface area contributed by atoms with Gasteiger partial charge >= 0.3 is 6.01 Å². The molecule has 0 radical (unpaired) electrons. The van der Waals surface area contributed by atoms with Gasteiger partial charge < -0.3 is 15.0 Å². The van der Waals surface area contributed by atoms with Gasteiger partial charge in [0, 0.05) is 56.8 Å². The molecule has 4 rings (SSSR count). The summed E-state index contributed by atoms with van der Waals surface area (Å²) in [6, 6.07) is 0.254. The lowest BCUT2D eigenvalue weighted by molar-refractivity contribution is -0.133. The standard InChI is InChI=1S/C18H25F2N5O2/c1-2-27-17-22-8-12-10-24(5-3-14(12)23-17)13-7-15(21-9-13)16(26)25-6-4-18(19,20)11-25/h8,13,15,21H,2-7,9-11H2,1H3/t13?,15-/m0/s1. The van der Waals surface area contributed by atoms with Gasteiger partial charge in [0.2, 0.25) is 5.91 Å². The SMILES string of the molecule is CCOc1ncc2c(n1)CCN(C1CN[C@H](C(=O)N3CCC(F)(F)C3)C1)C2. The molecule has 2 saturated heterocycles. The minimum Gasteiger partial charge on any atom is -0.464 e. The van der Waals surface area contributed by atoms with Crippen LogP contribution in [0.1, 0.15) is 31.0 Å². The van der Waals surface area contributed by atoms with Gasteiger partial charge in [0.25, 0.3) is 5.92 Å². The number of hydrogen-bond donors (Lipinski definition) is 1. The molecule has 2 atom stereocenters. The number of halogens is 2. The van der Waals surface area contributed by atoms with Gasteiger partial charge in [0.05, 0.1) is 24.9 Å². The van der Waals surface area contributed by atoms with E-state index in [0.717, 1.165) is 30.8 Å². The quantitative estimate of drug-likeness (QED) is 0.833. The van der Waals surface area contributed by atoms with Gasteiger partial charge in [0.1, 0.15) is 0 Å². The van der Waals surface area contributed by atoms with Gasteiger partial charge in [-0.2, -0.15) is 4.98 Å². The van der Waals surface area contributed by atoms with Crippen molar-refractivity contribution < 1.29 is 18.3 Å². The van der Waals surface area contributed by atoms with Crippen LogP contribution in [0.4, 0.5) is 8.78 Å². The first-order chi connectivity index (χ1) is 12.9. The Kier molecular flexibility index (Phi) is 4.98. The van der Waals surface area contributed by atoms with Gasteiger partial charge in [-0.05, 0) is 13.3 Å². The van der Waals surface area contributed by atoms with Crippen LogP contribution >= 0.6 is 0 Å². The summed E-state index contributed by atoms with van der Waals surface area (Å²) in [5, 5.41) is 3.23. The molecule has 27 heavy (non-hydrogen) atoms. The number of nitrogens with one attached hydrogen (secondary N) is 1. The summed E-state index contributed by atoms with van der Waals surface area (Å²) in [6.45, 7) is 4.40. The Morgan fingerprint density at radius 1 is 1.44 bits per heavy atom. The molecule has 1 amide bonds.